The fourth-order valence-electron chi connectivity index (χ4n) is 1.70. The molecule has 2 aromatic rings. The van der Waals surface area contributed by atoms with Crippen molar-refractivity contribution in [3.05, 3.63) is 59.9 Å². The van der Waals surface area contributed by atoms with Crippen LogP contribution in [0.1, 0.15) is 15.9 Å². The van der Waals surface area contributed by atoms with E-state index in [1.807, 2.05) is 12.1 Å². The van der Waals surface area contributed by atoms with Gasteiger partial charge in [0.2, 0.25) is 0 Å². The number of carbonyl (C=O) groups is 1. The molecular formula is C14H14N2O2. The maximum atomic E-state index is 12.1. The van der Waals surface area contributed by atoms with Crippen LogP contribution in [0, 0.1) is 0 Å². The molecule has 0 spiro atoms. The maximum absolute atomic E-state index is 12.1. The number of amides is 1. The number of rotatable bonds is 3. The SMILES string of the molecule is CN(Cc1cccnc1)C(=O)c1cccc(O)c1. The Balaban J connectivity index is 2.10. The molecule has 92 valence electrons. The van der Waals surface area contributed by atoms with Crippen molar-refractivity contribution in [2.24, 2.45) is 0 Å². The van der Waals surface area contributed by atoms with Gasteiger partial charge in [0, 0.05) is 31.5 Å². The molecule has 4 heteroatoms. The fourth-order valence-corrected chi connectivity index (χ4v) is 1.70. The molecule has 0 bridgehead atoms. The van der Waals surface area contributed by atoms with Crippen LogP contribution in [0.25, 0.3) is 0 Å². The highest BCUT2D eigenvalue weighted by molar-refractivity contribution is 5.94. The number of hydrogen-bond acceptors (Lipinski definition) is 3. The van der Waals surface area contributed by atoms with Gasteiger partial charge >= 0.3 is 0 Å². The molecule has 0 saturated carbocycles. The summed E-state index contributed by atoms with van der Waals surface area (Å²) in [6.07, 6.45) is 3.42. The summed E-state index contributed by atoms with van der Waals surface area (Å²) in [5.41, 5.74) is 1.44. The van der Waals surface area contributed by atoms with Crippen LogP contribution in [0.2, 0.25) is 0 Å². The highest BCUT2D eigenvalue weighted by atomic mass is 16.3. The van der Waals surface area contributed by atoms with Gasteiger partial charge in [0.1, 0.15) is 5.75 Å². The number of benzene rings is 1. The van der Waals surface area contributed by atoms with Gasteiger partial charge in [0.15, 0.2) is 0 Å². The number of hydrogen-bond donors (Lipinski definition) is 1. The molecule has 0 aliphatic rings. The van der Waals surface area contributed by atoms with Crippen LogP contribution in [0.4, 0.5) is 0 Å². The van der Waals surface area contributed by atoms with Crippen LogP contribution >= 0.6 is 0 Å². The Hall–Kier alpha value is -2.36. The summed E-state index contributed by atoms with van der Waals surface area (Å²) >= 11 is 0. The van der Waals surface area contributed by atoms with Crippen molar-refractivity contribution in [2.75, 3.05) is 7.05 Å². The summed E-state index contributed by atoms with van der Waals surface area (Å²) in [4.78, 5) is 17.7. The van der Waals surface area contributed by atoms with Crippen molar-refractivity contribution in [1.82, 2.24) is 9.88 Å². The first kappa shape index (κ1) is 12.1. The summed E-state index contributed by atoms with van der Waals surface area (Å²) < 4.78 is 0. The Morgan fingerprint density at radius 3 is 2.83 bits per heavy atom. The number of aromatic nitrogens is 1. The van der Waals surface area contributed by atoms with E-state index >= 15 is 0 Å². The average Bonchev–Trinajstić information content (AvgIpc) is 2.39. The van der Waals surface area contributed by atoms with E-state index in [4.69, 9.17) is 0 Å². The normalized spacial score (nSPS) is 10.1. The lowest BCUT2D eigenvalue weighted by molar-refractivity contribution is 0.0784. The molecule has 0 fully saturated rings. The van der Waals surface area contributed by atoms with Crippen molar-refractivity contribution in [1.29, 1.82) is 0 Å². The second kappa shape index (κ2) is 5.31. The van der Waals surface area contributed by atoms with Gasteiger partial charge in [-0.25, -0.2) is 0 Å². The van der Waals surface area contributed by atoms with E-state index in [9.17, 15) is 9.90 Å². The largest absolute Gasteiger partial charge is 0.508 e. The second-order valence-corrected chi connectivity index (χ2v) is 4.07. The van der Waals surface area contributed by atoms with Crippen LogP contribution in [-0.4, -0.2) is 27.9 Å². The van der Waals surface area contributed by atoms with Gasteiger partial charge in [-0.1, -0.05) is 12.1 Å². The zero-order valence-corrected chi connectivity index (χ0v) is 10.1. The molecule has 0 unspecified atom stereocenters. The zero-order valence-electron chi connectivity index (χ0n) is 10.1. The molecule has 1 aromatic heterocycles. The first-order valence-electron chi connectivity index (χ1n) is 5.60. The monoisotopic (exact) mass is 242 g/mol. The Morgan fingerprint density at radius 2 is 2.17 bits per heavy atom. The number of phenolic OH excluding ortho intramolecular Hbond substituents is 1. The molecule has 0 saturated heterocycles. The lowest BCUT2D eigenvalue weighted by Crippen LogP contribution is -2.26. The average molecular weight is 242 g/mol. The van der Waals surface area contributed by atoms with Crippen molar-refractivity contribution < 1.29 is 9.90 Å². The molecule has 1 aromatic carbocycles. The van der Waals surface area contributed by atoms with Crippen LogP contribution < -0.4 is 0 Å². The minimum absolute atomic E-state index is 0.0932. The first-order valence-corrected chi connectivity index (χ1v) is 5.60. The van der Waals surface area contributed by atoms with Crippen LogP contribution in [0.3, 0.4) is 0 Å². The third-order valence-electron chi connectivity index (χ3n) is 2.58. The minimum Gasteiger partial charge on any atom is -0.508 e. The standard InChI is InChI=1S/C14H14N2O2/c1-16(10-11-4-3-7-15-9-11)14(18)12-5-2-6-13(17)8-12/h2-9,17H,10H2,1H3. The van der Waals surface area contributed by atoms with E-state index in [1.54, 1.807) is 36.5 Å². The maximum Gasteiger partial charge on any atom is 0.254 e. The van der Waals surface area contributed by atoms with Crippen LogP contribution in [0.15, 0.2) is 48.8 Å². The summed E-state index contributed by atoms with van der Waals surface area (Å²) in [6, 6.07) is 10.1. The molecule has 1 amide bonds. The lowest BCUT2D eigenvalue weighted by Gasteiger charge is -2.17. The molecule has 1 heterocycles. The van der Waals surface area contributed by atoms with Crippen LogP contribution in [0.5, 0.6) is 5.75 Å². The van der Waals surface area contributed by atoms with E-state index in [0.29, 0.717) is 12.1 Å². The van der Waals surface area contributed by atoms with Crippen molar-refractivity contribution in [3.63, 3.8) is 0 Å². The molecule has 18 heavy (non-hydrogen) atoms. The van der Waals surface area contributed by atoms with Gasteiger partial charge < -0.3 is 10.0 Å². The smallest absolute Gasteiger partial charge is 0.254 e. The van der Waals surface area contributed by atoms with Gasteiger partial charge in [0.05, 0.1) is 0 Å². The summed E-state index contributed by atoms with van der Waals surface area (Å²) in [7, 11) is 1.72. The van der Waals surface area contributed by atoms with E-state index in [1.165, 1.54) is 12.1 Å². The van der Waals surface area contributed by atoms with Gasteiger partial charge in [-0.05, 0) is 29.8 Å². The zero-order chi connectivity index (χ0) is 13.0. The molecule has 0 aliphatic heterocycles. The summed E-state index contributed by atoms with van der Waals surface area (Å²) in [5.74, 6) is -0.0367. The van der Waals surface area contributed by atoms with Crippen molar-refractivity contribution in [3.8, 4) is 5.75 Å². The minimum atomic E-state index is -0.130. The number of carbonyl (C=O) groups excluding carboxylic acids is 1. The van der Waals surface area contributed by atoms with Gasteiger partial charge in [-0.15, -0.1) is 0 Å². The summed E-state index contributed by atoms with van der Waals surface area (Å²) in [6.45, 7) is 0.488. The molecule has 0 aliphatic carbocycles. The molecule has 1 N–H and O–H groups in total. The highest BCUT2D eigenvalue weighted by Crippen LogP contribution is 2.13. The fraction of sp³-hybridized carbons (Fsp3) is 0.143. The Morgan fingerprint density at radius 1 is 1.33 bits per heavy atom. The van der Waals surface area contributed by atoms with Gasteiger partial charge in [0.25, 0.3) is 5.91 Å². The van der Waals surface area contributed by atoms with E-state index in [2.05, 4.69) is 4.98 Å². The second-order valence-electron chi connectivity index (χ2n) is 4.07. The third kappa shape index (κ3) is 2.85. The Labute approximate surface area is 106 Å². The molecule has 0 radical (unpaired) electrons. The Kier molecular flexibility index (Phi) is 3.57. The van der Waals surface area contributed by atoms with Crippen molar-refractivity contribution in [2.45, 2.75) is 6.54 Å². The van der Waals surface area contributed by atoms with E-state index in [-0.39, 0.29) is 11.7 Å². The number of phenols is 1. The van der Waals surface area contributed by atoms with Crippen LogP contribution in [-0.2, 0) is 6.54 Å². The predicted octanol–water partition coefficient (Wildman–Crippen LogP) is 2.06. The topological polar surface area (TPSA) is 53.4 Å². The molecule has 4 nitrogen and oxygen atoms in total. The number of nitrogens with zero attached hydrogens (tertiary/aromatic N) is 2. The predicted molar refractivity (Wildman–Crippen MR) is 68.1 cm³/mol. The van der Waals surface area contributed by atoms with E-state index in [0.717, 1.165) is 5.56 Å². The molecular weight excluding hydrogens is 228 g/mol. The molecule has 2 rings (SSSR count). The lowest BCUT2D eigenvalue weighted by atomic mass is 10.2. The number of pyridine rings is 1. The molecule has 0 atom stereocenters. The first-order chi connectivity index (χ1) is 8.66. The van der Waals surface area contributed by atoms with Gasteiger partial charge in [-0.3, -0.25) is 9.78 Å². The van der Waals surface area contributed by atoms with Crippen molar-refractivity contribution >= 4 is 5.91 Å². The quantitative estimate of drug-likeness (QED) is 0.896. The van der Waals surface area contributed by atoms with E-state index < -0.39 is 0 Å². The third-order valence-corrected chi connectivity index (χ3v) is 2.58. The summed E-state index contributed by atoms with van der Waals surface area (Å²) in [5, 5.41) is 9.35. The Bertz CT molecular complexity index is 541. The highest BCUT2D eigenvalue weighted by Gasteiger charge is 2.12. The van der Waals surface area contributed by atoms with Gasteiger partial charge in [-0.2, -0.15) is 0 Å². The number of aromatic hydroxyl groups is 1.